The molecule has 0 bridgehead atoms. The van der Waals surface area contributed by atoms with Crippen LogP contribution < -0.4 is 22.1 Å². The average molecular weight is 586 g/mol. The first-order valence-electron chi connectivity index (χ1n) is 12.9. The lowest BCUT2D eigenvalue weighted by Crippen LogP contribution is -2.28. The van der Waals surface area contributed by atoms with Crippen molar-refractivity contribution in [1.29, 1.82) is 0 Å². The molecule has 0 aliphatic heterocycles. The van der Waals surface area contributed by atoms with E-state index in [1.165, 1.54) is 13.0 Å². The Bertz CT molecular complexity index is 1560. The number of pyridine rings is 1. The van der Waals surface area contributed by atoms with Crippen molar-refractivity contribution >= 4 is 17.5 Å². The lowest BCUT2D eigenvalue weighted by Gasteiger charge is -2.18. The maximum atomic E-state index is 13.7. The van der Waals surface area contributed by atoms with E-state index >= 15 is 0 Å². The van der Waals surface area contributed by atoms with Crippen LogP contribution in [0.2, 0.25) is 0 Å². The fourth-order valence-corrected chi connectivity index (χ4v) is 4.08. The first kappa shape index (κ1) is 30.3. The van der Waals surface area contributed by atoms with E-state index in [4.69, 9.17) is 11.5 Å². The molecule has 2 aromatic carbocycles. The molecular formula is C29H28F5N7O. The maximum absolute atomic E-state index is 13.7. The highest BCUT2D eigenvalue weighted by atomic mass is 19.4. The van der Waals surface area contributed by atoms with Gasteiger partial charge in [0.05, 0.1) is 34.8 Å². The van der Waals surface area contributed by atoms with Gasteiger partial charge in [-0.2, -0.15) is 13.2 Å². The Morgan fingerprint density at radius 2 is 1.74 bits per heavy atom. The molecule has 13 heteroatoms. The molecule has 0 aliphatic rings. The van der Waals surface area contributed by atoms with Gasteiger partial charge >= 0.3 is 6.18 Å². The van der Waals surface area contributed by atoms with Crippen molar-refractivity contribution in [3.05, 3.63) is 101 Å². The van der Waals surface area contributed by atoms with E-state index in [1.807, 2.05) is 0 Å². The summed E-state index contributed by atoms with van der Waals surface area (Å²) in [7, 11) is 0. The Balaban J connectivity index is 1.52. The lowest BCUT2D eigenvalue weighted by molar-refractivity contribution is -0.137. The summed E-state index contributed by atoms with van der Waals surface area (Å²) in [4.78, 5) is 25.7. The van der Waals surface area contributed by atoms with E-state index in [-0.39, 0.29) is 23.5 Å². The largest absolute Gasteiger partial charge is 0.417 e. The minimum Gasteiger partial charge on any atom is -0.382 e. The van der Waals surface area contributed by atoms with Gasteiger partial charge in [-0.25, -0.2) is 23.7 Å². The van der Waals surface area contributed by atoms with Gasteiger partial charge in [-0.3, -0.25) is 4.79 Å². The zero-order valence-electron chi connectivity index (χ0n) is 22.5. The van der Waals surface area contributed by atoms with E-state index in [0.29, 0.717) is 48.9 Å². The topological polar surface area (TPSA) is 132 Å². The maximum Gasteiger partial charge on any atom is 0.417 e. The molecule has 2 aromatic heterocycles. The number of hydrogen-bond donors (Lipinski definition) is 4. The number of carbonyl (C=O) groups excluding carboxylic acids is 1. The molecule has 0 saturated carbocycles. The molecular weight excluding hydrogens is 557 g/mol. The number of nitrogens with one attached hydrogen (secondary N) is 2. The molecule has 0 saturated heterocycles. The highest BCUT2D eigenvalue weighted by molar-refractivity contribution is 5.99. The summed E-state index contributed by atoms with van der Waals surface area (Å²) in [6, 6.07) is 10.1. The molecule has 0 aliphatic carbocycles. The summed E-state index contributed by atoms with van der Waals surface area (Å²) >= 11 is 0. The highest BCUT2D eigenvalue weighted by Gasteiger charge is 2.33. The minimum atomic E-state index is -4.74. The number of nitrogen functional groups attached to an aromatic ring is 1. The van der Waals surface area contributed by atoms with Crippen molar-refractivity contribution in [1.82, 2.24) is 20.3 Å². The SMILES string of the molecule is C[C@H](NC(=O)c1cc(C(F)(F)F)cnc1NCc1ccc(-c2cnc(N)c(CCCN)n2)cc1)c1ccc(F)c(F)c1. The summed E-state index contributed by atoms with van der Waals surface area (Å²) < 4.78 is 67.2. The van der Waals surface area contributed by atoms with Gasteiger partial charge in [-0.1, -0.05) is 30.3 Å². The molecule has 4 rings (SSSR count). The summed E-state index contributed by atoms with van der Waals surface area (Å²) in [5, 5.41) is 5.43. The second kappa shape index (κ2) is 12.9. The van der Waals surface area contributed by atoms with Gasteiger partial charge in [-0.15, -0.1) is 0 Å². The minimum absolute atomic E-state index is 0.0870. The van der Waals surface area contributed by atoms with Gasteiger partial charge in [-0.05, 0) is 55.6 Å². The van der Waals surface area contributed by atoms with Crippen LogP contribution in [0.25, 0.3) is 11.3 Å². The Labute approximate surface area is 238 Å². The smallest absolute Gasteiger partial charge is 0.382 e. The van der Waals surface area contributed by atoms with Crippen molar-refractivity contribution in [2.45, 2.75) is 38.5 Å². The fourth-order valence-electron chi connectivity index (χ4n) is 4.08. The number of carbonyl (C=O) groups is 1. The van der Waals surface area contributed by atoms with Crippen LogP contribution in [-0.2, 0) is 19.1 Å². The van der Waals surface area contributed by atoms with Crippen molar-refractivity contribution < 1.29 is 26.7 Å². The third-order valence-electron chi connectivity index (χ3n) is 6.46. The molecule has 6 N–H and O–H groups in total. The zero-order chi connectivity index (χ0) is 30.4. The predicted molar refractivity (Wildman–Crippen MR) is 148 cm³/mol. The molecule has 0 unspecified atom stereocenters. The van der Waals surface area contributed by atoms with Crippen molar-refractivity contribution in [2.75, 3.05) is 17.6 Å². The standard InChI is InChI=1S/C29H28F5N7O/c1-16(19-8-9-22(30)23(31)11-19)40-28(42)21-12-20(29(32,33)34)14-39-27(21)38-13-17-4-6-18(7-5-17)25-15-37-26(36)24(41-25)3-2-10-35/h4-9,11-12,14-16H,2-3,10,13,35H2,1H3,(H2,36,37)(H,38,39)(H,40,42)/t16-/m0/s1. The normalized spacial score (nSPS) is 12.2. The number of aromatic nitrogens is 3. The van der Waals surface area contributed by atoms with Crippen LogP contribution in [0, 0.1) is 11.6 Å². The molecule has 4 aromatic rings. The van der Waals surface area contributed by atoms with Crippen LogP contribution in [0.5, 0.6) is 0 Å². The Morgan fingerprint density at radius 1 is 1.00 bits per heavy atom. The molecule has 0 radical (unpaired) electrons. The van der Waals surface area contributed by atoms with E-state index in [0.717, 1.165) is 23.3 Å². The molecule has 2 heterocycles. The molecule has 42 heavy (non-hydrogen) atoms. The van der Waals surface area contributed by atoms with Crippen LogP contribution in [-0.4, -0.2) is 27.4 Å². The number of aryl methyl sites for hydroxylation is 1. The van der Waals surface area contributed by atoms with Crippen molar-refractivity contribution in [3.63, 3.8) is 0 Å². The molecule has 1 atom stereocenters. The van der Waals surface area contributed by atoms with Crippen LogP contribution in [0.1, 0.15) is 52.1 Å². The molecule has 0 spiro atoms. The quantitative estimate of drug-likeness (QED) is 0.183. The first-order valence-corrected chi connectivity index (χ1v) is 12.9. The second-order valence-corrected chi connectivity index (χ2v) is 9.52. The van der Waals surface area contributed by atoms with Crippen molar-refractivity contribution in [2.24, 2.45) is 5.73 Å². The Hall–Kier alpha value is -4.65. The van der Waals surface area contributed by atoms with Gasteiger partial charge in [0.15, 0.2) is 11.6 Å². The van der Waals surface area contributed by atoms with Gasteiger partial charge < -0.3 is 22.1 Å². The monoisotopic (exact) mass is 585 g/mol. The molecule has 220 valence electrons. The van der Waals surface area contributed by atoms with Crippen LogP contribution in [0.4, 0.5) is 33.6 Å². The van der Waals surface area contributed by atoms with Crippen LogP contribution in [0.15, 0.2) is 60.9 Å². The Morgan fingerprint density at radius 3 is 2.40 bits per heavy atom. The summed E-state index contributed by atoms with van der Waals surface area (Å²) in [6.07, 6.45) is -1.23. The first-order chi connectivity index (χ1) is 20.0. The van der Waals surface area contributed by atoms with Crippen molar-refractivity contribution in [3.8, 4) is 11.3 Å². The number of amides is 1. The van der Waals surface area contributed by atoms with E-state index < -0.39 is 35.3 Å². The number of hydrogen-bond acceptors (Lipinski definition) is 7. The number of rotatable bonds is 10. The number of alkyl halides is 3. The van der Waals surface area contributed by atoms with E-state index in [2.05, 4.69) is 25.6 Å². The average Bonchev–Trinajstić information content (AvgIpc) is 2.96. The Kier molecular flexibility index (Phi) is 9.31. The van der Waals surface area contributed by atoms with Gasteiger partial charge in [0.2, 0.25) is 0 Å². The summed E-state index contributed by atoms with van der Waals surface area (Å²) in [5.74, 6) is -2.80. The third kappa shape index (κ3) is 7.35. The molecule has 8 nitrogen and oxygen atoms in total. The fraction of sp³-hybridized carbons (Fsp3) is 0.241. The summed E-state index contributed by atoms with van der Waals surface area (Å²) in [5.41, 5.74) is 13.0. The van der Waals surface area contributed by atoms with E-state index in [9.17, 15) is 26.7 Å². The highest BCUT2D eigenvalue weighted by Crippen LogP contribution is 2.31. The number of nitrogens with zero attached hydrogens (tertiary/aromatic N) is 3. The number of anilines is 2. The second-order valence-electron chi connectivity index (χ2n) is 9.52. The molecule has 0 fully saturated rings. The number of halogens is 5. The molecule has 1 amide bonds. The number of benzene rings is 2. The number of nitrogens with two attached hydrogens (primary N) is 2. The van der Waals surface area contributed by atoms with Gasteiger partial charge in [0.1, 0.15) is 11.6 Å². The van der Waals surface area contributed by atoms with Gasteiger partial charge in [0, 0.05) is 18.3 Å². The zero-order valence-corrected chi connectivity index (χ0v) is 22.5. The third-order valence-corrected chi connectivity index (χ3v) is 6.46. The van der Waals surface area contributed by atoms with Gasteiger partial charge in [0.25, 0.3) is 5.91 Å². The lowest BCUT2D eigenvalue weighted by atomic mass is 10.1. The predicted octanol–water partition coefficient (Wildman–Crippen LogP) is 5.41. The summed E-state index contributed by atoms with van der Waals surface area (Å²) in [6.45, 7) is 2.12. The van der Waals surface area contributed by atoms with Crippen LogP contribution in [0.3, 0.4) is 0 Å². The van der Waals surface area contributed by atoms with Crippen LogP contribution >= 0.6 is 0 Å². The van der Waals surface area contributed by atoms with E-state index in [1.54, 1.807) is 30.5 Å².